The van der Waals surface area contributed by atoms with Crippen LogP contribution in [0.25, 0.3) is 10.9 Å². The molecule has 29 heavy (non-hydrogen) atoms. The van der Waals surface area contributed by atoms with Crippen molar-refractivity contribution in [2.75, 3.05) is 10.8 Å². The number of H-pyrrole nitrogens is 1. The summed E-state index contributed by atoms with van der Waals surface area (Å²) in [5.74, 6) is -0.656. The fourth-order valence-corrected chi connectivity index (χ4v) is 5.36. The van der Waals surface area contributed by atoms with Crippen LogP contribution in [0.4, 0.5) is 5.69 Å². The van der Waals surface area contributed by atoms with Crippen molar-refractivity contribution in [3.63, 3.8) is 0 Å². The zero-order valence-corrected chi connectivity index (χ0v) is 19.2. The number of carbonyl (C=O) groups excluding carboxylic acids is 1. The van der Waals surface area contributed by atoms with Crippen LogP contribution in [-0.4, -0.2) is 31.5 Å². The molecule has 0 saturated heterocycles. The highest BCUT2D eigenvalue weighted by atomic mass is 79.9. The molecule has 0 aliphatic heterocycles. The molecule has 6 nitrogen and oxygen atoms in total. The van der Waals surface area contributed by atoms with E-state index in [4.69, 9.17) is 16.3 Å². The number of aromatic amines is 1. The van der Waals surface area contributed by atoms with Gasteiger partial charge in [0.25, 0.3) is 10.0 Å². The van der Waals surface area contributed by atoms with Crippen molar-refractivity contribution in [1.29, 1.82) is 0 Å². The summed E-state index contributed by atoms with van der Waals surface area (Å²) < 4.78 is 33.8. The van der Waals surface area contributed by atoms with Crippen LogP contribution in [0.1, 0.15) is 20.8 Å². The Bertz CT molecular complexity index is 1150. The summed E-state index contributed by atoms with van der Waals surface area (Å²) in [7, 11) is -4.09. The zero-order chi connectivity index (χ0) is 21.4. The Morgan fingerprint density at radius 1 is 1.17 bits per heavy atom. The van der Waals surface area contributed by atoms with Crippen LogP contribution in [-0.2, 0) is 19.6 Å². The molecular formula is C20H20BrClN2O4S. The number of anilines is 1. The second kappa shape index (κ2) is 8.01. The third kappa shape index (κ3) is 5.12. The summed E-state index contributed by atoms with van der Waals surface area (Å²) in [5.41, 5.74) is 0.462. The van der Waals surface area contributed by atoms with Gasteiger partial charge in [-0.25, -0.2) is 8.42 Å². The molecule has 1 N–H and O–H groups in total. The van der Waals surface area contributed by atoms with E-state index in [1.807, 2.05) is 6.07 Å². The number of rotatable bonds is 5. The third-order valence-electron chi connectivity index (χ3n) is 3.94. The number of ether oxygens (including phenoxy) is 1. The van der Waals surface area contributed by atoms with Gasteiger partial charge in [-0.1, -0.05) is 27.5 Å². The number of carbonyl (C=O) groups is 1. The molecule has 0 fully saturated rings. The Morgan fingerprint density at radius 3 is 2.55 bits per heavy atom. The highest BCUT2D eigenvalue weighted by Gasteiger charge is 2.30. The molecule has 154 valence electrons. The van der Waals surface area contributed by atoms with E-state index in [0.29, 0.717) is 10.2 Å². The highest BCUT2D eigenvalue weighted by molar-refractivity contribution is 9.10. The standard InChI is InChI=1S/C20H20BrClN2O4S/c1-20(2,3)28-19(25)12-24(16-4-5-18-13(8-16)6-7-23-18)29(26,27)17-10-14(21)9-15(22)11-17/h4-11,23H,12H2,1-3H3. The molecule has 9 heteroatoms. The van der Waals surface area contributed by atoms with Gasteiger partial charge in [0.2, 0.25) is 0 Å². The first-order valence-corrected chi connectivity index (χ1v) is 11.3. The Morgan fingerprint density at radius 2 is 1.90 bits per heavy atom. The number of fused-ring (bicyclic) bond motifs is 1. The topological polar surface area (TPSA) is 79.5 Å². The molecule has 0 atom stereocenters. The average Bonchev–Trinajstić information content (AvgIpc) is 3.04. The third-order valence-corrected chi connectivity index (χ3v) is 6.37. The highest BCUT2D eigenvalue weighted by Crippen LogP contribution is 2.30. The Labute approximate surface area is 183 Å². The first-order valence-electron chi connectivity index (χ1n) is 8.73. The predicted molar refractivity (Wildman–Crippen MR) is 118 cm³/mol. The maximum Gasteiger partial charge on any atom is 0.327 e. The van der Waals surface area contributed by atoms with Crippen molar-refractivity contribution < 1.29 is 17.9 Å². The summed E-state index contributed by atoms with van der Waals surface area (Å²) in [6.07, 6.45) is 1.76. The second-order valence-electron chi connectivity index (χ2n) is 7.45. The van der Waals surface area contributed by atoms with Crippen LogP contribution in [0.2, 0.25) is 5.02 Å². The monoisotopic (exact) mass is 498 g/mol. The molecule has 1 aromatic heterocycles. The smallest absolute Gasteiger partial charge is 0.327 e. The molecule has 0 bridgehead atoms. The average molecular weight is 500 g/mol. The number of benzene rings is 2. The van der Waals surface area contributed by atoms with Gasteiger partial charge in [0.05, 0.1) is 10.6 Å². The van der Waals surface area contributed by atoms with E-state index >= 15 is 0 Å². The van der Waals surface area contributed by atoms with Crippen LogP contribution in [0.5, 0.6) is 0 Å². The molecule has 3 aromatic rings. The summed E-state index contributed by atoms with van der Waals surface area (Å²) in [4.78, 5) is 15.5. The Balaban J connectivity index is 2.09. The van der Waals surface area contributed by atoms with E-state index in [-0.39, 0.29) is 9.92 Å². The van der Waals surface area contributed by atoms with Crippen LogP contribution < -0.4 is 4.31 Å². The van der Waals surface area contributed by atoms with E-state index in [2.05, 4.69) is 20.9 Å². The zero-order valence-electron chi connectivity index (χ0n) is 16.1. The Hall–Kier alpha value is -2.03. The van der Waals surface area contributed by atoms with Crippen molar-refractivity contribution in [1.82, 2.24) is 4.98 Å². The molecule has 3 rings (SSSR count). The number of halogens is 2. The number of esters is 1. The number of hydrogen-bond acceptors (Lipinski definition) is 4. The lowest BCUT2D eigenvalue weighted by Crippen LogP contribution is -2.39. The van der Waals surface area contributed by atoms with Crippen molar-refractivity contribution in [3.8, 4) is 0 Å². The molecule has 0 aliphatic carbocycles. The van der Waals surface area contributed by atoms with E-state index in [1.165, 1.54) is 12.1 Å². The first-order chi connectivity index (χ1) is 13.5. The quantitative estimate of drug-likeness (QED) is 0.494. The van der Waals surface area contributed by atoms with Gasteiger partial charge in [-0.05, 0) is 63.2 Å². The van der Waals surface area contributed by atoms with Crippen molar-refractivity contribution in [3.05, 3.63) is 58.2 Å². The summed E-state index contributed by atoms with van der Waals surface area (Å²) in [5, 5.41) is 1.08. The van der Waals surface area contributed by atoms with Gasteiger partial charge >= 0.3 is 5.97 Å². The maximum atomic E-state index is 13.4. The maximum absolute atomic E-state index is 13.4. The van der Waals surface area contributed by atoms with Gasteiger partial charge < -0.3 is 9.72 Å². The van der Waals surface area contributed by atoms with E-state index in [1.54, 1.807) is 51.2 Å². The molecule has 2 aromatic carbocycles. The normalized spacial score (nSPS) is 12.2. The van der Waals surface area contributed by atoms with Gasteiger partial charge in [0.1, 0.15) is 12.1 Å². The number of nitrogens with zero attached hydrogens (tertiary/aromatic N) is 1. The number of nitrogens with one attached hydrogen (secondary N) is 1. The van der Waals surface area contributed by atoms with Crippen molar-refractivity contribution >= 4 is 60.1 Å². The fraction of sp³-hybridized carbons (Fsp3) is 0.250. The van der Waals surface area contributed by atoms with Gasteiger partial charge in [-0.3, -0.25) is 9.10 Å². The van der Waals surface area contributed by atoms with E-state index < -0.39 is 28.1 Å². The molecule has 0 unspecified atom stereocenters. The Kier molecular flexibility index (Phi) is 5.98. The van der Waals surface area contributed by atoms with Gasteiger partial charge in [-0.15, -0.1) is 0 Å². The minimum atomic E-state index is -4.09. The van der Waals surface area contributed by atoms with E-state index in [0.717, 1.165) is 15.2 Å². The first kappa shape index (κ1) is 21.7. The predicted octanol–water partition coefficient (Wildman–Crippen LogP) is 5.12. The second-order valence-corrected chi connectivity index (χ2v) is 10.7. The minimum Gasteiger partial charge on any atom is -0.459 e. The molecule has 0 saturated carbocycles. The summed E-state index contributed by atoms with van der Waals surface area (Å²) in [6, 6.07) is 11.3. The van der Waals surface area contributed by atoms with Crippen molar-refractivity contribution in [2.24, 2.45) is 0 Å². The molecule has 0 aliphatic rings. The lowest BCUT2D eigenvalue weighted by molar-refractivity contribution is -0.152. The summed E-state index contributed by atoms with van der Waals surface area (Å²) in [6.45, 7) is 4.71. The number of sulfonamides is 1. The fourth-order valence-electron chi connectivity index (χ4n) is 2.81. The minimum absolute atomic E-state index is 0.0328. The van der Waals surface area contributed by atoms with Gasteiger partial charge in [-0.2, -0.15) is 0 Å². The van der Waals surface area contributed by atoms with Crippen LogP contribution in [0.15, 0.2) is 58.0 Å². The van der Waals surface area contributed by atoms with E-state index in [9.17, 15) is 13.2 Å². The largest absolute Gasteiger partial charge is 0.459 e. The van der Waals surface area contributed by atoms with Gasteiger partial charge in [0, 0.05) is 26.6 Å². The van der Waals surface area contributed by atoms with Crippen molar-refractivity contribution in [2.45, 2.75) is 31.3 Å². The molecule has 0 spiro atoms. The van der Waals surface area contributed by atoms with Crippen LogP contribution in [0, 0.1) is 0 Å². The lowest BCUT2D eigenvalue weighted by atomic mass is 10.2. The van der Waals surface area contributed by atoms with Crippen LogP contribution >= 0.6 is 27.5 Å². The molecular weight excluding hydrogens is 480 g/mol. The number of aromatic nitrogens is 1. The summed E-state index contributed by atoms with van der Waals surface area (Å²) >= 11 is 9.32. The SMILES string of the molecule is CC(C)(C)OC(=O)CN(c1ccc2[nH]ccc2c1)S(=O)(=O)c1cc(Cl)cc(Br)c1. The van der Waals surface area contributed by atoms with Crippen LogP contribution in [0.3, 0.4) is 0 Å². The molecule has 1 heterocycles. The molecule has 0 amide bonds. The lowest BCUT2D eigenvalue weighted by Gasteiger charge is -2.26. The number of hydrogen-bond donors (Lipinski definition) is 1. The molecule has 0 radical (unpaired) electrons. The van der Waals surface area contributed by atoms with Gasteiger partial charge in [0.15, 0.2) is 0 Å².